The Hall–Kier alpha value is -1.48. The average Bonchev–Trinajstić information content (AvgIpc) is 2.75. The molecule has 0 spiro atoms. The number of ether oxygens (including phenoxy) is 1. The van der Waals surface area contributed by atoms with E-state index in [9.17, 15) is 0 Å². The number of halogens is 1. The molecule has 0 bridgehead atoms. The second-order valence-electron chi connectivity index (χ2n) is 5.29. The highest BCUT2D eigenvalue weighted by Crippen LogP contribution is 2.15. The van der Waals surface area contributed by atoms with E-state index in [0.717, 1.165) is 30.8 Å². The Kier molecular flexibility index (Phi) is 5.48. The van der Waals surface area contributed by atoms with Gasteiger partial charge in [0.15, 0.2) is 0 Å². The van der Waals surface area contributed by atoms with Crippen molar-refractivity contribution in [2.45, 2.75) is 33.2 Å². The summed E-state index contributed by atoms with van der Waals surface area (Å²) < 4.78 is 7.51. The minimum atomic E-state index is 0.593. The molecule has 0 aliphatic heterocycles. The van der Waals surface area contributed by atoms with Crippen LogP contribution in [0.15, 0.2) is 36.4 Å². The van der Waals surface area contributed by atoms with Gasteiger partial charge >= 0.3 is 0 Å². The first-order valence-corrected chi connectivity index (χ1v) is 7.43. The molecule has 2 aromatic rings. The lowest BCUT2D eigenvalue weighted by Crippen LogP contribution is -2.06. The third-order valence-corrected chi connectivity index (χ3v) is 3.23. The zero-order chi connectivity index (χ0) is 14.4. The third kappa shape index (κ3) is 4.57. The molecule has 0 radical (unpaired) electrons. The van der Waals surface area contributed by atoms with Gasteiger partial charge in [0, 0.05) is 13.0 Å². The van der Waals surface area contributed by atoms with Gasteiger partial charge in [0.2, 0.25) is 0 Å². The van der Waals surface area contributed by atoms with Crippen molar-refractivity contribution in [2.75, 3.05) is 6.61 Å². The highest BCUT2D eigenvalue weighted by Gasteiger charge is 2.07. The van der Waals surface area contributed by atoms with Gasteiger partial charge in [-0.2, -0.15) is 5.10 Å². The van der Waals surface area contributed by atoms with Gasteiger partial charge < -0.3 is 4.74 Å². The predicted molar refractivity (Wildman–Crippen MR) is 82.3 cm³/mol. The van der Waals surface area contributed by atoms with Crippen molar-refractivity contribution in [1.29, 1.82) is 0 Å². The van der Waals surface area contributed by atoms with Crippen molar-refractivity contribution in [3.63, 3.8) is 0 Å². The minimum Gasteiger partial charge on any atom is -0.494 e. The highest BCUT2D eigenvalue weighted by atomic mass is 35.5. The first-order valence-electron chi connectivity index (χ1n) is 7.05. The van der Waals surface area contributed by atoms with Crippen molar-refractivity contribution < 1.29 is 4.74 Å². The van der Waals surface area contributed by atoms with E-state index in [0.29, 0.717) is 17.7 Å². The SMILES string of the molecule is CC(C)Cc1cc(Cl)n(CCCOc2ccccc2)n1. The van der Waals surface area contributed by atoms with E-state index < -0.39 is 0 Å². The first-order chi connectivity index (χ1) is 9.65. The Morgan fingerprint density at radius 2 is 2.00 bits per heavy atom. The number of hydrogen-bond donors (Lipinski definition) is 0. The molecule has 20 heavy (non-hydrogen) atoms. The van der Waals surface area contributed by atoms with Crippen LogP contribution < -0.4 is 4.74 Å². The minimum absolute atomic E-state index is 0.593. The molecule has 108 valence electrons. The maximum absolute atomic E-state index is 6.18. The molecule has 0 atom stereocenters. The summed E-state index contributed by atoms with van der Waals surface area (Å²) in [5.41, 5.74) is 1.06. The lowest BCUT2D eigenvalue weighted by Gasteiger charge is -2.06. The number of aromatic nitrogens is 2. The molecule has 0 saturated heterocycles. The zero-order valence-electron chi connectivity index (χ0n) is 12.1. The van der Waals surface area contributed by atoms with E-state index in [2.05, 4.69) is 18.9 Å². The third-order valence-electron chi connectivity index (χ3n) is 2.93. The number of aryl methyl sites for hydroxylation is 1. The van der Waals surface area contributed by atoms with E-state index in [4.69, 9.17) is 16.3 Å². The molecule has 0 aliphatic carbocycles. The summed E-state index contributed by atoms with van der Waals surface area (Å²) in [7, 11) is 0. The van der Waals surface area contributed by atoms with Crippen LogP contribution >= 0.6 is 11.6 Å². The summed E-state index contributed by atoms with van der Waals surface area (Å²) in [4.78, 5) is 0. The Bertz CT molecular complexity index is 523. The molecule has 4 heteroatoms. The molecule has 3 nitrogen and oxygen atoms in total. The summed E-state index contributed by atoms with van der Waals surface area (Å²) in [5.74, 6) is 1.50. The molecular weight excluding hydrogens is 272 g/mol. The Morgan fingerprint density at radius 1 is 1.25 bits per heavy atom. The zero-order valence-corrected chi connectivity index (χ0v) is 12.8. The van der Waals surface area contributed by atoms with E-state index in [1.807, 2.05) is 41.1 Å². The van der Waals surface area contributed by atoms with Crippen molar-refractivity contribution in [1.82, 2.24) is 9.78 Å². The van der Waals surface area contributed by atoms with E-state index in [1.54, 1.807) is 0 Å². The van der Waals surface area contributed by atoms with E-state index in [1.165, 1.54) is 0 Å². The molecular formula is C16H21ClN2O. The first kappa shape index (κ1) is 14.9. The maximum atomic E-state index is 6.18. The van der Waals surface area contributed by atoms with Gasteiger partial charge in [-0.05, 0) is 30.5 Å². The van der Waals surface area contributed by atoms with Gasteiger partial charge in [-0.1, -0.05) is 43.6 Å². The molecule has 0 amide bonds. The van der Waals surface area contributed by atoms with Gasteiger partial charge in [-0.3, -0.25) is 4.68 Å². The second-order valence-corrected chi connectivity index (χ2v) is 5.68. The van der Waals surface area contributed by atoms with Gasteiger partial charge in [-0.15, -0.1) is 0 Å². The molecule has 0 aliphatic rings. The maximum Gasteiger partial charge on any atom is 0.127 e. The molecule has 2 rings (SSSR count). The number of hydrogen-bond acceptors (Lipinski definition) is 2. The number of benzene rings is 1. The van der Waals surface area contributed by atoms with Crippen LogP contribution in [0.25, 0.3) is 0 Å². The number of nitrogens with zero attached hydrogens (tertiary/aromatic N) is 2. The molecule has 1 heterocycles. The van der Waals surface area contributed by atoms with Crippen LogP contribution in [0.4, 0.5) is 0 Å². The molecule has 1 aromatic heterocycles. The summed E-state index contributed by atoms with van der Waals surface area (Å²) in [6.45, 7) is 5.81. The van der Waals surface area contributed by atoms with Crippen LogP contribution in [0.3, 0.4) is 0 Å². The smallest absolute Gasteiger partial charge is 0.127 e. The topological polar surface area (TPSA) is 27.1 Å². The van der Waals surface area contributed by atoms with Gasteiger partial charge in [-0.25, -0.2) is 0 Å². The highest BCUT2D eigenvalue weighted by molar-refractivity contribution is 6.29. The van der Waals surface area contributed by atoms with Crippen LogP contribution in [0.2, 0.25) is 5.15 Å². The van der Waals surface area contributed by atoms with Crippen molar-refractivity contribution in [3.05, 3.63) is 47.2 Å². The fourth-order valence-corrected chi connectivity index (χ4v) is 2.29. The molecule has 1 aromatic carbocycles. The lowest BCUT2D eigenvalue weighted by molar-refractivity contribution is 0.298. The van der Waals surface area contributed by atoms with Crippen molar-refractivity contribution in [2.24, 2.45) is 5.92 Å². The van der Waals surface area contributed by atoms with Crippen LogP contribution in [-0.2, 0) is 13.0 Å². The standard InChI is InChI=1S/C16H21ClN2O/c1-13(2)11-14-12-16(17)19(18-14)9-6-10-20-15-7-4-3-5-8-15/h3-5,7-8,12-13H,6,9-11H2,1-2H3. The Balaban J connectivity index is 1.78. The van der Waals surface area contributed by atoms with Crippen molar-refractivity contribution >= 4 is 11.6 Å². The van der Waals surface area contributed by atoms with Gasteiger partial charge in [0.1, 0.15) is 10.9 Å². The number of para-hydroxylation sites is 1. The van der Waals surface area contributed by atoms with E-state index >= 15 is 0 Å². The van der Waals surface area contributed by atoms with E-state index in [-0.39, 0.29) is 0 Å². The van der Waals surface area contributed by atoms with Crippen molar-refractivity contribution in [3.8, 4) is 5.75 Å². The van der Waals surface area contributed by atoms with Crippen LogP contribution in [0.1, 0.15) is 26.0 Å². The normalized spacial score (nSPS) is 11.0. The summed E-state index contributed by atoms with van der Waals surface area (Å²) in [6, 6.07) is 11.8. The second kappa shape index (κ2) is 7.34. The van der Waals surface area contributed by atoms with Gasteiger partial charge in [0.25, 0.3) is 0 Å². The fraction of sp³-hybridized carbons (Fsp3) is 0.438. The summed E-state index contributed by atoms with van der Waals surface area (Å²) in [6.07, 6.45) is 1.85. The summed E-state index contributed by atoms with van der Waals surface area (Å²) in [5, 5.41) is 5.23. The Labute approximate surface area is 125 Å². The monoisotopic (exact) mass is 292 g/mol. The Morgan fingerprint density at radius 3 is 2.70 bits per heavy atom. The van der Waals surface area contributed by atoms with Gasteiger partial charge in [0.05, 0.1) is 12.3 Å². The molecule has 0 fully saturated rings. The van der Waals surface area contributed by atoms with Crippen LogP contribution in [0.5, 0.6) is 5.75 Å². The quantitative estimate of drug-likeness (QED) is 0.715. The number of rotatable bonds is 7. The fourth-order valence-electron chi connectivity index (χ4n) is 2.04. The average molecular weight is 293 g/mol. The van der Waals surface area contributed by atoms with Crippen LogP contribution in [0, 0.1) is 5.92 Å². The summed E-state index contributed by atoms with van der Waals surface area (Å²) >= 11 is 6.18. The van der Waals surface area contributed by atoms with Crippen LogP contribution in [-0.4, -0.2) is 16.4 Å². The largest absolute Gasteiger partial charge is 0.494 e. The molecule has 0 saturated carbocycles. The molecule has 0 N–H and O–H groups in total. The molecule has 0 unspecified atom stereocenters. The lowest BCUT2D eigenvalue weighted by atomic mass is 10.1. The predicted octanol–water partition coefficient (Wildman–Crippen LogP) is 4.20.